The van der Waals surface area contributed by atoms with Crippen LogP contribution in [-0.4, -0.2) is 38.8 Å². The van der Waals surface area contributed by atoms with Crippen LogP contribution in [-0.2, 0) is 4.74 Å². The highest BCUT2D eigenvalue weighted by molar-refractivity contribution is 4.74. The molecule has 2 unspecified atom stereocenters. The van der Waals surface area contributed by atoms with Gasteiger partial charge in [-0.25, -0.2) is 0 Å². The Kier molecular flexibility index (Phi) is 7.29. The number of methoxy groups -OCH3 is 1. The molecule has 1 saturated heterocycles. The van der Waals surface area contributed by atoms with Crippen LogP contribution >= 0.6 is 0 Å². The number of likely N-dealkylation sites (tertiary alicyclic amines) is 1. The van der Waals surface area contributed by atoms with E-state index in [0.717, 1.165) is 18.4 Å². The van der Waals surface area contributed by atoms with Gasteiger partial charge in [-0.05, 0) is 25.3 Å². The van der Waals surface area contributed by atoms with E-state index in [1.165, 1.54) is 19.5 Å². The van der Waals surface area contributed by atoms with Crippen LogP contribution in [0.25, 0.3) is 0 Å². The minimum absolute atomic E-state index is 0.758. The van der Waals surface area contributed by atoms with Gasteiger partial charge in [-0.2, -0.15) is 0 Å². The van der Waals surface area contributed by atoms with Crippen molar-refractivity contribution in [3.05, 3.63) is 0 Å². The summed E-state index contributed by atoms with van der Waals surface area (Å²) in [6.07, 6.45) is 1.33. The lowest BCUT2D eigenvalue weighted by Crippen LogP contribution is -2.38. The molecule has 1 aliphatic heterocycles. The fourth-order valence-corrected chi connectivity index (χ4v) is 2.12. The molecular formula is C11H25NO. The number of piperidine rings is 1. The van der Waals surface area contributed by atoms with Crippen molar-refractivity contribution < 1.29 is 4.74 Å². The maximum atomic E-state index is 5.15. The number of ether oxygens (including phenoxy) is 1. The van der Waals surface area contributed by atoms with Gasteiger partial charge < -0.3 is 9.64 Å². The highest BCUT2D eigenvalue weighted by Crippen LogP contribution is 2.20. The van der Waals surface area contributed by atoms with Gasteiger partial charge in [0.05, 0.1) is 6.61 Å². The maximum Gasteiger partial charge on any atom is 0.0502 e. The molecule has 13 heavy (non-hydrogen) atoms. The van der Waals surface area contributed by atoms with Crippen molar-refractivity contribution >= 4 is 0 Å². The van der Waals surface area contributed by atoms with Gasteiger partial charge in [-0.15, -0.1) is 0 Å². The molecule has 0 aromatic carbocycles. The van der Waals surface area contributed by atoms with Crippen molar-refractivity contribution in [1.82, 2.24) is 4.90 Å². The third kappa shape index (κ3) is 5.27. The van der Waals surface area contributed by atoms with Gasteiger partial charge in [-0.1, -0.05) is 20.8 Å². The number of hydrogen-bond acceptors (Lipinski definition) is 2. The molecule has 1 rings (SSSR count). The largest absolute Gasteiger partial charge is 0.384 e. The number of rotatable bonds is 2. The lowest BCUT2D eigenvalue weighted by molar-refractivity contribution is 0.0808. The zero-order valence-electron chi connectivity index (χ0n) is 9.84. The number of hydrogen-bond donors (Lipinski definition) is 0. The third-order valence-corrected chi connectivity index (χ3v) is 2.33. The molecule has 2 heteroatoms. The molecule has 0 spiro atoms. The van der Waals surface area contributed by atoms with Gasteiger partial charge >= 0.3 is 0 Å². The van der Waals surface area contributed by atoms with E-state index in [-0.39, 0.29) is 0 Å². The second kappa shape index (κ2) is 7.34. The molecule has 0 N–H and O–H groups in total. The van der Waals surface area contributed by atoms with Gasteiger partial charge in [0.2, 0.25) is 0 Å². The van der Waals surface area contributed by atoms with Crippen LogP contribution in [0.3, 0.4) is 0 Å². The summed E-state index contributed by atoms with van der Waals surface area (Å²) in [4.78, 5) is 2.40. The Morgan fingerprint density at radius 1 is 1.31 bits per heavy atom. The average Bonchev–Trinajstić information content (AvgIpc) is 2.06. The molecule has 0 aromatic heterocycles. The summed E-state index contributed by atoms with van der Waals surface area (Å²) >= 11 is 0. The zero-order valence-corrected chi connectivity index (χ0v) is 9.84. The second-order valence-corrected chi connectivity index (χ2v) is 3.88. The fourth-order valence-electron chi connectivity index (χ4n) is 2.12. The molecule has 0 aromatic rings. The predicted octanol–water partition coefficient (Wildman–Crippen LogP) is 2.25. The molecule has 0 bridgehead atoms. The summed E-state index contributed by atoms with van der Waals surface area (Å²) in [6.45, 7) is 9.70. The van der Waals surface area contributed by atoms with E-state index in [1.54, 1.807) is 7.11 Å². The summed E-state index contributed by atoms with van der Waals surface area (Å²) in [5.41, 5.74) is 0. The third-order valence-electron chi connectivity index (χ3n) is 2.33. The van der Waals surface area contributed by atoms with E-state index < -0.39 is 0 Å². The van der Waals surface area contributed by atoms with Crippen molar-refractivity contribution in [2.45, 2.75) is 27.2 Å². The Labute approximate surface area is 83.3 Å². The van der Waals surface area contributed by atoms with Crippen LogP contribution in [0.4, 0.5) is 0 Å². The second-order valence-electron chi connectivity index (χ2n) is 3.88. The molecule has 80 valence electrons. The van der Waals surface area contributed by atoms with Crippen LogP contribution < -0.4 is 0 Å². The molecule has 0 amide bonds. The highest BCUT2D eigenvalue weighted by atomic mass is 16.5. The van der Waals surface area contributed by atoms with E-state index in [2.05, 4.69) is 18.9 Å². The van der Waals surface area contributed by atoms with Crippen molar-refractivity contribution in [3.63, 3.8) is 0 Å². The first-order chi connectivity index (χ1) is 6.22. The molecule has 1 heterocycles. The van der Waals surface area contributed by atoms with Crippen LogP contribution in [0.2, 0.25) is 0 Å². The predicted molar refractivity (Wildman–Crippen MR) is 58.0 cm³/mol. The lowest BCUT2D eigenvalue weighted by atomic mass is 9.91. The first-order valence-electron chi connectivity index (χ1n) is 5.40. The summed E-state index contributed by atoms with van der Waals surface area (Å²) in [6, 6.07) is 0. The number of nitrogens with zero attached hydrogens (tertiary/aromatic N) is 1. The van der Waals surface area contributed by atoms with Gasteiger partial charge in [0.15, 0.2) is 0 Å². The average molecular weight is 187 g/mol. The van der Waals surface area contributed by atoms with Crippen molar-refractivity contribution in [2.75, 3.05) is 33.9 Å². The topological polar surface area (TPSA) is 12.5 Å². The quantitative estimate of drug-likeness (QED) is 0.657. The van der Waals surface area contributed by atoms with Crippen LogP contribution in [0.15, 0.2) is 0 Å². The van der Waals surface area contributed by atoms with E-state index in [0.29, 0.717) is 0 Å². The summed E-state index contributed by atoms with van der Waals surface area (Å²) in [5, 5.41) is 0. The smallest absolute Gasteiger partial charge is 0.0502 e. The fraction of sp³-hybridized carbons (Fsp3) is 1.00. The SMILES string of the molecule is CC.COCC1CC(C)CN(C)C1. The van der Waals surface area contributed by atoms with Gasteiger partial charge in [0, 0.05) is 20.2 Å². The minimum atomic E-state index is 0.758. The van der Waals surface area contributed by atoms with Crippen LogP contribution in [0.1, 0.15) is 27.2 Å². The monoisotopic (exact) mass is 187 g/mol. The van der Waals surface area contributed by atoms with E-state index in [9.17, 15) is 0 Å². The first-order valence-corrected chi connectivity index (χ1v) is 5.40. The van der Waals surface area contributed by atoms with Gasteiger partial charge in [-0.3, -0.25) is 0 Å². The van der Waals surface area contributed by atoms with Gasteiger partial charge in [0.1, 0.15) is 0 Å². The first kappa shape index (κ1) is 12.9. The normalized spacial score (nSPS) is 29.3. The zero-order chi connectivity index (χ0) is 10.3. The van der Waals surface area contributed by atoms with Gasteiger partial charge in [0.25, 0.3) is 0 Å². The summed E-state index contributed by atoms with van der Waals surface area (Å²) < 4.78 is 5.15. The van der Waals surface area contributed by atoms with Crippen molar-refractivity contribution in [2.24, 2.45) is 11.8 Å². The maximum absolute atomic E-state index is 5.15. The van der Waals surface area contributed by atoms with E-state index >= 15 is 0 Å². The standard InChI is InChI=1S/C9H19NO.C2H6/c1-8-4-9(7-11-3)6-10(2)5-8;1-2/h8-9H,4-7H2,1-3H3;1-2H3. The van der Waals surface area contributed by atoms with Crippen molar-refractivity contribution in [1.29, 1.82) is 0 Å². The summed E-state index contributed by atoms with van der Waals surface area (Å²) in [5.74, 6) is 1.60. The van der Waals surface area contributed by atoms with E-state index in [1.807, 2.05) is 13.8 Å². The highest BCUT2D eigenvalue weighted by Gasteiger charge is 2.21. The molecule has 0 saturated carbocycles. The Morgan fingerprint density at radius 2 is 1.92 bits per heavy atom. The molecule has 0 radical (unpaired) electrons. The van der Waals surface area contributed by atoms with Crippen LogP contribution in [0.5, 0.6) is 0 Å². The Hall–Kier alpha value is -0.0800. The Morgan fingerprint density at radius 3 is 2.38 bits per heavy atom. The molecule has 2 nitrogen and oxygen atoms in total. The van der Waals surface area contributed by atoms with Crippen molar-refractivity contribution in [3.8, 4) is 0 Å². The molecule has 0 aliphatic carbocycles. The molecular weight excluding hydrogens is 162 g/mol. The lowest BCUT2D eigenvalue weighted by Gasteiger charge is -2.33. The molecule has 1 aliphatic rings. The molecule has 2 atom stereocenters. The van der Waals surface area contributed by atoms with E-state index in [4.69, 9.17) is 4.74 Å². The minimum Gasteiger partial charge on any atom is -0.384 e. The summed E-state index contributed by atoms with van der Waals surface area (Å²) in [7, 11) is 3.98. The van der Waals surface area contributed by atoms with Crippen LogP contribution in [0, 0.1) is 11.8 Å². The molecule has 1 fully saturated rings. The Bertz CT molecular complexity index is 107. The Balaban J connectivity index is 0.000000671.